The zero-order valence-corrected chi connectivity index (χ0v) is 19.9. The minimum absolute atomic E-state index is 0.0907. The van der Waals surface area contributed by atoms with Gasteiger partial charge in [0.05, 0.1) is 17.5 Å². The quantitative estimate of drug-likeness (QED) is 0.371. The summed E-state index contributed by atoms with van der Waals surface area (Å²) in [5, 5.41) is 26.5. The van der Waals surface area contributed by atoms with Crippen LogP contribution in [0.5, 0.6) is 0 Å². The Morgan fingerprint density at radius 1 is 1.39 bits per heavy atom. The van der Waals surface area contributed by atoms with Gasteiger partial charge < -0.3 is 15.4 Å². The van der Waals surface area contributed by atoms with E-state index >= 15 is 4.39 Å². The number of fused-ring (bicyclic) bond motifs is 1. The number of halogens is 1. The fourth-order valence-corrected chi connectivity index (χ4v) is 4.43. The molecular formula is C23H25FN10O2. The van der Waals surface area contributed by atoms with Gasteiger partial charge in [0, 0.05) is 43.2 Å². The van der Waals surface area contributed by atoms with Gasteiger partial charge in [-0.05, 0) is 32.8 Å². The number of carbonyl (C=O) groups is 1. The van der Waals surface area contributed by atoms with Crippen LogP contribution in [0.3, 0.4) is 0 Å². The molecule has 12 nitrogen and oxygen atoms in total. The SMILES string of the molecule is CC(C)NC(=O)O[C@@H]1CC[C@H](c2cc(Nc3ncc(-c4ccnn4C)c4nc(C#N)cn34)n[nH]2)[C@@H]1F. The van der Waals surface area contributed by atoms with Gasteiger partial charge in [-0.25, -0.2) is 19.2 Å². The molecular weight excluding hydrogens is 467 g/mol. The largest absolute Gasteiger partial charge is 0.443 e. The topological polar surface area (TPSA) is 151 Å². The number of carbonyl (C=O) groups excluding carboxylic acids is 1. The van der Waals surface area contributed by atoms with Crippen molar-refractivity contribution in [2.24, 2.45) is 7.05 Å². The molecule has 3 atom stereocenters. The summed E-state index contributed by atoms with van der Waals surface area (Å²) in [5.41, 5.74) is 2.86. The highest BCUT2D eigenvalue weighted by Crippen LogP contribution is 2.38. The predicted octanol–water partition coefficient (Wildman–Crippen LogP) is 3.19. The van der Waals surface area contributed by atoms with Crippen LogP contribution in [0.25, 0.3) is 16.9 Å². The van der Waals surface area contributed by atoms with Gasteiger partial charge in [-0.15, -0.1) is 0 Å². The summed E-state index contributed by atoms with van der Waals surface area (Å²) in [5.74, 6) is 0.328. The van der Waals surface area contributed by atoms with Crippen LogP contribution < -0.4 is 10.6 Å². The van der Waals surface area contributed by atoms with Gasteiger partial charge in [-0.1, -0.05) is 0 Å². The number of aromatic nitrogens is 7. The monoisotopic (exact) mass is 492 g/mol. The van der Waals surface area contributed by atoms with E-state index in [1.807, 2.05) is 27.0 Å². The summed E-state index contributed by atoms with van der Waals surface area (Å²) < 4.78 is 23.7. The molecule has 1 fully saturated rings. The Hall–Kier alpha value is -4.47. The predicted molar refractivity (Wildman–Crippen MR) is 127 cm³/mol. The van der Waals surface area contributed by atoms with Crippen molar-refractivity contribution in [1.82, 2.24) is 39.7 Å². The molecule has 0 aliphatic heterocycles. The Labute approximate surface area is 205 Å². The number of nitrogens with zero attached hydrogens (tertiary/aromatic N) is 7. The summed E-state index contributed by atoms with van der Waals surface area (Å²) in [6.45, 7) is 3.62. The highest BCUT2D eigenvalue weighted by atomic mass is 19.1. The molecule has 36 heavy (non-hydrogen) atoms. The molecule has 0 bridgehead atoms. The van der Waals surface area contributed by atoms with E-state index in [-0.39, 0.29) is 11.7 Å². The summed E-state index contributed by atoms with van der Waals surface area (Å²) >= 11 is 0. The van der Waals surface area contributed by atoms with Gasteiger partial charge in [-0.3, -0.25) is 14.2 Å². The third-order valence-corrected chi connectivity index (χ3v) is 6.11. The first-order valence-electron chi connectivity index (χ1n) is 11.5. The van der Waals surface area contributed by atoms with Gasteiger partial charge >= 0.3 is 6.09 Å². The second kappa shape index (κ2) is 9.29. The molecule has 5 rings (SSSR count). The van der Waals surface area contributed by atoms with Crippen molar-refractivity contribution >= 4 is 23.5 Å². The van der Waals surface area contributed by atoms with E-state index in [1.165, 1.54) is 0 Å². The summed E-state index contributed by atoms with van der Waals surface area (Å²) in [7, 11) is 1.81. The van der Waals surface area contributed by atoms with Gasteiger partial charge in [0.15, 0.2) is 17.2 Å². The summed E-state index contributed by atoms with van der Waals surface area (Å²) in [6, 6.07) is 5.51. The molecule has 0 radical (unpaired) electrons. The molecule has 0 unspecified atom stereocenters. The average molecular weight is 493 g/mol. The highest BCUT2D eigenvalue weighted by molar-refractivity contribution is 5.77. The number of amides is 1. The zero-order valence-electron chi connectivity index (χ0n) is 19.9. The van der Waals surface area contributed by atoms with E-state index in [4.69, 9.17) is 4.74 Å². The van der Waals surface area contributed by atoms with E-state index in [1.54, 1.807) is 33.7 Å². The minimum Gasteiger partial charge on any atom is -0.443 e. The second-order valence-corrected chi connectivity index (χ2v) is 8.97. The van der Waals surface area contributed by atoms with E-state index < -0.39 is 24.3 Å². The summed E-state index contributed by atoms with van der Waals surface area (Å²) in [6.07, 6.45) is 3.04. The molecule has 1 saturated carbocycles. The van der Waals surface area contributed by atoms with Crippen LogP contribution in [-0.2, 0) is 11.8 Å². The maximum absolute atomic E-state index is 15.1. The minimum atomic E-state index is -1.36. The molecule has 13 heteroatoms. The van der Waals surface area contributed by atoms with Crippen LogP contribution in [0, 0.1) is 11.3 Å². The second-order valence-electron chi connectivity index (χ2n) is 8.97. The molecule has 3 N–H and O–H groups in total. The molecule has 4 heterocycles. The van der Waals surface area contributed by atoms with Crippen LogP contribution in [-0.4, -0.2) is 58.8 Å². The first-order valence-corrected chi connectivity index (χ1v) is 11.5. The fraction of sp³-hybridized carbons (Fsp3) is 0.391. The molecule has 1 amide bonds. The molecule has 0 aromatic carbocycles. The smallest absolute Gasteiger partial charge is 0.407 e. The van der Waals surface area contributed by atoms with Crippen molar-refractivity contribution in [1.29, 1.82) is 5.26 Å². The number of ether oxygens (including phenoxy) is 1. The van der Waals surface area contributed by atoms with Crippen molar-refractivity contribution in [3.05, 3.63) is 42.1 Å². The van der Waals surface area contributed by atoms with Gasteiger partial charge in [-0.2, -0.15) is 15.5 Å². The van der Waals surface area contributed by atoms with E-state index in [0.717, 1.165) is 5.69 Å². The number of aromatic amines is 1. The molecule has 1 aliphatic carbocycles. The van der Waals surface area contributed by atoms with Crippen molar-refractivity contribution in [2.45, 2.75) is 50.9 Å². The Kier molecular flexibility index (Phi) is 6.01. The standard InChI is InChI=1S/C23H25FN10O2/c1-12(2)28-23(35)36-18-5-4-14(20(18)24)16-8-19(32-31-16)30-22-26-10-15(17-6-7-27-33(17)3)21-29-13(9-25)11-34(21)22/h6-8,10-12,14,18,20H,4-5H2,1-3H3,(H,28,35)(H2,26,30,31,32)/t14-,18-,20+/m1/s1. The third-order valence-electron chi connectivity index (χ3n) is 6.11. The normalized spacial score (nSPS) is 19.5. The molecule has 0 spiro atoms. The lowest BCUT2D eigenvalue weighted by molar-refractivity contribution is 0.0555. The van der Waals surface area contributed by atoms with Crippen molar-refractivity contribution < 1.29 is 13.9 Å². The number of rotatable bonds is 6. The number of hydrogen-bond acceptors (Lipinski definition) is 8. The molecule has 4 aromatic heterocycles. The number of nitrogens with one attached hydrogen (secondary N) is 3. The maximum atomic E-state index is 15.1. The van der Waals surface area contributed by atoms with Crippen molar-refractivity contribution in [2.75, 3.05) is 5.32 Å². The van der Waals surface area contributed by atoms with Crippen molar-refractivity contribution in [3.8, 4) is 17.3 Å². The van der Waals surface area contributed by atoms with Crippen LogP contribution in [0.1, 0.15) is 44.0 Å². The Morgan fingerprint density at radius 3 is 2.94 bits per heavy atom. The van der Waals surface area contributed by atoms with Crippen LogP contribution in [0.15, 0.2) is 30.7 Å². The number of aryl methyl sites for hydroxylation is 1. The Morgan fingerprint density at radius 2 is 2.22 bits per heavy atom. The van der Waals surface area contributed by atoms with Gasteiger partial charge in [0.1, 0.15) is 18.3 Å². The van der Waals surface area contributed by atoms with Gasteiger partial charge in [0.25, 0.3) is 0 Å². The number of nitriles is 1. The van der Waals surface area contributed by atoms with E-state index in [0.29, 0.717) is 41.5 Å². The zero-order chi connectivity index (χ0) is 25.4. The first-order chi connectivity index (χ1) is 17.3. The number of anilines is 2. The van der Waals surface area contributed by atoms with Crippen LogP contribution in [0.2, 0.25) is 0 Å². The Balaban J connectivity index is 1.36. The van der Waals surface area contributed by atoms with E-state index in [2.05, 4.69) is 42.0 Å². The number of imidazole rings is 1. The maximum Gasteiger partial charge on any atom is 0.407 e. The van der Waals surface area contributed by atoms with Crippen LogP contribution >= 0.6 is 0 Å². The third kappa shape index (κ3) is 4.33. The van der Waals surface area contributed by atoms with Gasteiger partial charge in [0.2, 0.25) is 5.95 Å². The summed E-state index contributed by atoms with van der Waals surface area (Å²) in [4.78, 5) is 20.8. The fourth-order valence-electron chi connectivity index (χ4n) is 4.43. The van der Waals surface area contributed by atoms with Crippen molar-refractivity contribution in [3.63, 3.8) is 0 Å². The number of alkyl carbamates (subject to hydrolysis) is 1. The van der Waals surface area contributed by atoms with E-state index in [9.17, 15) is 10.1 Å². The highest BCUT2D eigenvalue weighted by Gasteiger charge is 2.41. The van der Waals surface area contributed by atoms with Crippen LogP contribution in [0.4, 0.5) is 21.0 Å². The molecule has 4 aromatic rings. The molecule has 1 aliphatic rings. The lowest BCUT2D eigenvalue weighted by Gasteiger charge is -2.18. The lowest BCUT2D eigenvalue weighted by Crippen LogP contribution is -2.36. The average Bonchev–Trinajstić information content (AvgIpc) is 3.62. The first kappa shape index (κ1) is 23.3. The molecule has 186 valence electrons. The number of alkyl halides is 1. The Bertz CT molecular complexity index is 1450. The number of H-pyrrole nitrogens is 1. The lowest BCUT2D eigenvalue weighted by atomic mass is 10.0. The molecule has 0 saturated heterocycles. The number of hydrogen-bond donors (Lipinski definition) is 3.